The van der Waals surface area contributed by atoms with Gasteiger partial charge in [-0.2, -0.15) is 0 Å². The molecule has 0 saturated carbocycles. The number of carboxylic acids is 1. The summed E-state index contributed by atoms with van der Waals surface area (Å²) in [7, 11) is -3.50. The maximum Gasteiger partial charge on any atom is 0.356 e. The lowest BCUT2D eigenvalue weighted by Gasteiger charge is -2.10. The van der Waals surface area contributed by atoms with Crippen molar-refractivity contribution in [2.24, 2.45) is 0 Å². The lowest BCUT2D eigenvalue weighted by atomic mass is 10.4. The molecule has 0 atom stereocenters. The van der Waals surface area contributed by atoms with E-state index in [1.54, 1.807) is 13.8 Å². The maximum absolute atomic E-state index is 11.7. The first-order valence-corrected chi connectivity index (χ1v) is 6.49. The average molecular weight is 246 g/mol. The van der Waals surface area contributed by atoms with Crippen LogP contribution in [0.25, 0.3) is 0 Å². The van der Waals surface area contributed by atoms with Crippen LogP contribution in [-0.2, 0) is 9.84 Å². The number of carbonyl (C=O) groups is 1. The quantitative estimate of drug-likeness (QED) is 0.854. The first-order chi connectivity index (χ1) is 7.29. The van der Waals surface area contributed by atoms with Gasteiger partial charge >= 0.3 is 5.97 Å². The van der Waals surface area contributed by atoms with Crippen LogP contribution >= 0.6 is 0 Å². The molecule has 0 aliphatic carbocycles. The number of sulfone groups is 1. The topological polar surface area (TPSA) is 89.3 Å². The van der Waals surface area contributed by atoms with Crippen LogP contribution in [0.2, 0.25) is 0 Å². The zero-order valence-electron chi connectivity index (χ0n) is 9.34. The molecule has 0 radical (unpaired) electrons. The van der Waals surface area contributed by atoms with Crippen molar-refractivity contribution in [1.29, 1.82) is 0 Å². The highest BCUT2D eigenvalue weighted by molar-refractivity contribution is 7.91. The van der Waals surface area contributed by atoms with Gasteiger partial charge in [0, 0.05) is 12.2 Å². The molecule has 1 aromatic rings. The van der Waals surface area contributed by atoms with E-state index in [0.29, 0.717) is 0 Å². The second-order valence-corrected chi connectivity index (χ2v) is 5.79. The van der Waals surface area contributed by atoms with E-state index in [9.17, 15) is 13.2 Å². The summed E-state index contributed by atoms with van der Waals surface area (Å²) < 4.78 is 24.7. The summed E-state index contributed by atoms with van der Waals surface area (Å²) in [6.07, 6.45) is 1.25. The number of rotatable bonds is 4. The van der Waals surface area contributed by atoms with Crippen LogP contribution in [0.5, 0.6) is 0 Å². The predicted molar refractivity (Wildman–Crippen MR) is 57.3 cm³/mol. The fourth-order valence-electron chi connectivity index (χ4n) is 1.21. The van der Waals surface area contributed by atoms with Crippen molar-refractivity contribution in [2.75, 3.05) is 5.75 Å². The van der Waals surface area contributed by atoms with Crippen molar-refractivity contribution >= 4 is 15.8 Å². The molecule has 0 bridgehead atoms. The van der Waals surface area contributed by atoms with E-state index < -0.39 is 15.8 Å². The molecule has 7 heteroatoms. The summed E-state index contributed by atoms with van der Waals surface area (Å²) in [4.78, 5) is 14.4. The van der Waals surface area contributed by atoms with Gasteiger partial charge in [-0.15, -0.1) is 0 Å². The van der Waals surface area contributed by atoms with E-state index in [1.165, 1.54) is 17.7 Å². The largest absolute Gasteiger partial charge is 0.476 e. The third-order valence-electron chi connectivity index (χ3n) is 2.13. The van der Waals surface area contributed by atoms with Gasteiger partial charge in [-0.05, 0) is 13.8 Å². The monoisotopic (exact) mass is 246 g/mol. The molecule has 1 N–H and O–H groups in total. The van der Waals surface area contributed by atoms with Crippen molar-refractivity contribution in [2.45, 2.75) is 32.0 Å². The van der Waals surface area contributed by atoms with Gasteiger partial charge < -0.3 is 9.67 Å². The molecular formula is C9H14N2O4S. The number of hydrogen-bond donors (Lipinski definition) is 1. The van der Waals surface area contributed by atoms with Crippen molar-refractivity contribution in [3.05, 3.63) is 11.9 Å². The van der Waals surface area contributed by atoms with Gasteiger partial charge in [0.05, 0.1) is 5.75 Å². The van der Waals surface area contributed by atoms with Crippen molar-refractivity contribution in [1.82, 2.24) is 9.55 Å². The first kappa shape index (κ1) is 12.7. The highest BCUT2D eigenvalue weighted by Crippen LogP contribution is 2.17. The van der Waals surface area contributed by atoms with E-state index in [2.05, 4.69) is 4.98 Å². The number of hydrogen-bond acceptors (Lipinski definition) is 4. The maximum atomic E-state index is 11.7. The highest BCUT2D eigenvalue weighted by atomic mass is 32.2. The van der Waals surface area contributed by atoms with Gasteiger partial charge in [-0.25, -0.2) is 18.2 Å². The Hall–Kier alpha value is -1.37. The lowest BCUT2D eigenvalue weighted by molar-refractivity contribution is 0.0690. The molecular weight excluding hydrogens is 232 g/mol. The third-order valence-corrected chi connectivity index (χ3v) is 3.75. The summed E-state index contributed by atoms with van der Waals surface area (Å²) in [5.74, 6) is -1.33. The number of aromatic nitrogens is 2. The Bertz CT molecular complexity index is 502. The minimum absolute atomic E-state index is 0.101. The Morgan fingerprint density at radius 1 is 1.56 bits per heavy atom. The van der Waals surface area contributed by atoms with Crippen LogP contribution in [-0.4, -0.2) is 34.8 Å². The molecule has 16 heavy (non-hydrogen) atoms. The Kier molecular flexibility index (Phi) is 3.37. The van der Waals surface area contributed by atoms with Crippen LogP contribution in [0.4, 0.5) is 0 Å². The molecule has 0 unspecified atom stereocenters. The molecule has 90 valence electrons. The van der Waals surface area contributed by atoms with Crippen LogP contribution in [0.1, 0.15) is 37.3 Å². The van der Waals surface area contributed by atoms with Crippen molar-refractivity contribution in [3.8, 4) is 0 Å². The SMILES string of the molecule is CCS(=O)(=O)c1nc(C(=O)O)cn1C(C)C. The Labute approximate surface area is 93.8 Å². The van der Waals surface area contributed by atoms with Gasteiger partial charge in [0.15, 0.2) is 5.69 Å². The molecule has 0 aromatic carbocycles. The molecule has 0 saturated heterocycles. The number of aromatic carboxylic acids is 1. The van der Waals surface area contributed by atoms with E-state index in [0.717, 1.165) is 0 Å². The first-order valence-electron chi connectivity index (χ1n) is 4.84. The zero-order chi connectivity index (χ0) is 12.5. The van der Waals surface area contributed by atoms with Gasteiger partial charge in [0.1, 0.15) is 0 Å². The van der Waals surface area contributed by atoms with Crippen LogP contribution < -0.4 is 0 Å². The van der Waals surface area contributed by atoms with Crippen LogP contribution in [0, 0.1) is 0 Å². The summed E-state index contributed by atoms with van der Waals surface area (Å²) in [5.41, 5.74) is -0.249. The molecule has 0 amide bonds. The Morgan fingerprint density at radius 3 is 2.50 bits per heavy atom. The second kappa shape index (κ2) is 4.25. The smallest absolute Gasteiger partial charge is 0.356 e. The van der Waals surface area contributed by atoms with E-state index in [1.807, 2.05) is 0 Å². The third kappa shape index (κ3) is 2.24. The van der Waals surface area contributed by atoms with Gasteiger partial charge in [-0.1, -0.05) is 6.92 Å². The van der Waals surface area contributed by atoms with Crippen molar-refractivity contribution < 1.29 is 18.3 Å². The van der Waals surface area contributed by atoms with E-state index in [4.69, 9.17) is 5.11 Å². The van der Waals surface area contributed by atoms with Gasteiger partial charge in [-0.3, -0.25) is 0 Å². The second-order valence-electron chi connectivity index (χ2n) is 3.62. The average Bonchev–Trinajstić information content (AvgIpc) is 2.62. The Morgan fingerprint density at radius 2 is 2.12 bits per heavy atom. The summed E-state index contributed by atoms with van der Waals surface area (Å²) >= 11 is 0. The number of carboxylic acid groups (broad SMARTS) is 1. The molecule has 0 aliphatic heterocycles. The number of nitrogens with zero attached hydrogens (tertiary/aromatic N) is 2. The fraction of sp³-hybridized carbons (Fsp3) is 0.556. The number of imidazole rings is 1. The summed E-state index contributed by atoms with van der Waals surface area (Å²) in [6.45, 7) is 5.03. The van der Waals surface area contributed by atoms with Gasteiger partial charge in [0.2, 0.25) is 15.0 Å². The Balaban J connectivity index is 3.43. The summed E-state index contributed by atoms with van der Waals surface area (Å²) in [6, 6.07) is -0.156. The van der Waals surface area contributed by atoms with E-state index in [-0.39, 0.29) is 22.6 Å². The molecule has 0 fully saturated rings. The molecule has 1 heterocycles. The molecule has 6 nitrogen and oxygen atoms in total. The summed E-state index contributed by atoms with van der Waals surface area (Å²) in [5, 5.41) is 8.59. The molecule has 1 rings (SSSR count). The van der Waals surface area contributed by atoms with Crippen LogP contribution in [0.15, 0.2) is 11.4 Å². The minimum Gasteiger partial charge on any atom is -0.476 e. The van der Waals surface area contributed by atoms with E-state index >= 15 is 0 Å². The highest BCUT2D eigenvalue weighted by Gasteiger charge is 2.24. The van der Waals surface area contributed by atoms with Crippen LogP contribution in [0.3, 0.4) is 0 Å². The van der Waals surface area contributed by atoms with Gasteiger partial charge in [0.25, 0.3) is 0 Å². The lowest BCUT2D eigenvalue weighted by Crippen LogP contribution is -2.13. The molecule has 0 spiro atoms. The minimum atomic E-state index is -3.50. The molecule has 1 aromatic heterocycles. The standard InChI is InChI=1S/C9H14N2O4S/c1-4-16(14,15)9-10-7(8(12)13)5-11(9)6(2)3/h5-6H,4H2,1-3H3,(H,12,13). The van der Waals surface area contributed by atoms with Crippen molar-refractivity contribution in [3.63, 3.8) is 0 Å². The molecule has 0 aliphatic rings. The predicted octanol–water partition coefficient (Wildman–Crippen LogP) is 0.956. The fourth-order valence-corrected chi connectivity index (χ4v) is 2.29. The normalized spacial score (nSPS) is 12.0. The zero-order valence-corrected chi connectivity index (χ0v) is 10.2.